The quantitative estimate of drug-likeness (QED) is 0.815. The van der Waals surface area contributed by atoms with E-state index >= 15 is 0 Å². The number of carbonyl (C=O) groups is 2. The third kappa shape index (κ3) is 3.74. The highest BCUT2D eigenvalue weighted by molar-refractivity contribution is 5.79. The van der Waals surface area contributed by atoms with Gasteiger partial charge in [-0.2, -0.15) is 0 Å². The van der Waals surface area contributed by atoms with E-state index in [1.807, 2.05) is 4.90 Å². The molecule has 3 heterocycles. The monoisotopic (exact) mass is 382 g/mol. The molecule has 6 nitrogen and oxygen atoms in total. The first-order valence-electron chi connectivity index (χ1n) is 9.62. The van der Waals surface area contributed by atoms with Gasteiger partial charge in [0.15, 0.2) is 0 Å². The fraction of sp³-hybridized carbons (Fsp3) is 0.429. The summed E-state index contributed by atoms with van der Waals surface area (Å²) >= 11 is 0. The molecule has 1 aromatic heterocycles. The van der Waals surface area contributed by atoms with Crippen molar-refractivity contribution >= 4 is 11.8 Å². The molecule has 4 rings (SSSR count). The van der Waals surface area contributed by atoms with Crippen molar-refractivity contribution in [3.63, 3.8) is 0 Å². The van der Waals surface area contributed by atoms with Gasteiger partial charge in [0.25, 0.3) is 0 Å². The van der Waals surface area contributed by atoms with Crippen LogP contribution in [-0.4, -0.2) is 51.2 Å². The number of nitrogens with zero attached hydrogens (tertiary/aromatic N) is 4. The van der Waals surface area contributed by atoms with Gasteiger partial charge < -0.3 is 9.80 Å². The van der Waals surface area contributed by atoms with Crippen LogP contribution < -0.4 is 0 Å². The van der Waals surface area contributed by atoms with Gasteiger partial charge in [0.1, 0.15) is 11.6 Å². The molecule has 2 amide bonds. The largest absolute Gasteiger partial charge is 0.342 e. The third-order valence-corrected chi connectivity index (χ3v) is 5.60. The lowest BCUT2D eigenvalue weighted by atomic mass is 10.0. The van der Waals surface area contributed by atoms with Crippen LogP contribution in [0.15, 0.2) is 30.5 Å². The smallest absolute Gasteiger partial charge is 0.227 e. The van der Waals surface area contributed by atoms with Crippen LogP contribution >= 0.6 is 0 Å². The predicted octanol–water partition coefficient (Wildman–Crippen LogP) is 2.08. The standard InChI is InChI=1S/C21H23FN4O2/c1-14(27)25-8-6-16(12-25)21-23-11-17-13-26(9-7-19(17)24-21)20(28)10-15-4-2-3-5-18(15)22/h2-5,11,16H,6-10,12-13H2,1H3. The lowest BCUT2D eigenvalue weighted by molar-refractivity contribution is -0.131. The molecule has 28 heavy (non-hydrogen) atoms. The van der Waals surface area contributed by atoms with E-state index in [2.05, 4.69) is 4.98 Å². The predicted molar refractivity (Wildman–Crippen MR) is 101 cm³/mol. The van der Waals surface area contributed by atoms with Crippen molar-refractivity contribution in [3.8, 4) is 0 Å². The Morgan fingerprint density at radius 1 is 1.21 bits per heavy atom. The van der Waals surface area contributed by atoms with Crippen LogP contribution in [0.4, 0.5) is 4.39 Å². The van der Waals surface area contributed by atoms with Gasteiger partial charge in [-0.25, -0.2) is 14.4 Å². The maximum Gasteiger partial charge on any atom is 0.227 e. The minimum Gasteiger partial charge on any atom is -0.342 e. The molecule has 1 saturated heterocycles. The van der Waals surface area contributed by atoms with Crippen LogP contribution in [0.3, 0.4) is 0 Å². The number of benzene rings is 1. The van der Waals surface area contributed by atoms with Gasteiger partial charge in [0.2, 0.25) is 11.8 Å². The van der Waals surface area contributed by atoms with Crippen molar-refractivity contribution in [2.75, 3.05) is 19.6 Å². The molecule has 2 aromatic rings. The molecule has 1 unspecified atom stereocenters. The van der Waals surface area contributed by atoms with Crippen molar-refractivity contribution in [3.05, 3.63) is 58.9 Å². The summed E-state index contributed by atoms with van der Waals surface area (Å²) in [4.78, 5) is 36.9. The molecule has 146 valence electrons. The first-order valence-corrected chi connectivity index (χ1v) is 9.62. The highest BCUT2D eigenvalue weighted by atomic mass is 19.1. The summed E-state index contributed by atoms with van der Waals surface area (Å²) in [5, 5.41) is 0. The van der Waals surface area contributed by atoms with Crippen molar-refractivity contribution in [2.45, 2.75) is 38.6 Å². The number of fused-ring (bicyclic) bond motifs is 1. The summed E-state index contributed by atoms with van der Waals surface area (Å²) < 4.78 is 13.8. The molecule has 0 aliphatic carbocycles. The molecule has 0 spiro atoms. The molecule has 2 aliphatic rings. The van der Waals surface area contributed by atoms with E-state index in [1.54, 1.807) is 36.2 Å². The summed E-state index contributed by atoms with van der Waals surface area (Å²) in [5.74, 6) is 0.609. The van der Waals surface area contributed by atoms with Crippen LogP contribution in [0.5, 0.6) is 0 Å². The van der Waals surface area contributed by atoms with Crippen LogP contribution in [0.2, 0.25) is 0 Å². The second-order valence-electron chi connectivity index (χ2n) is 7.48. The van der Waals surface area contributed by atoms with Crippen molar-refractivity contribution in [1.82, 2.24) is 19.8 Å². The lowest BCUT2D eigenvalue weighted by Gasteiger charge is -2.28. The average molecular weight is 382 g/mol. The molecule has 1 atom stereocenters. The summed E-state index contributed by atoms with van der Waals surface area (Å²) in [7, 11) is 0. The van der Waals surface area contributed by atoms with Crippen LogP contribution in [0.25, 0.3) is 0 Å². The van der Waals surface area contributed by atoms with Crippen molar-refractivity contribution in [2.24, 2.45) is 0 Å². The summed E-state index contributed by atoms with van der Waals surface area (Å²) in [5.41, 5.74) is 2.33. The second kappa shape index (κ2) is 7.66. The molecule has 2 aliphatic heterocycles. The van der Waals surface area contributed by atoms with E-state index in [0.29, 0.717) is 31.6 Å². The van der Waals surface area contributed by atoms with E-state index in [-0.39, 0.29) is 30.0 Å². The number of amides is 2. The fourth-order valence-corrected chi connectivity index (χ4v) is 3.91. The van der Waals surface area contributed by atoms with Gasteiger partial charge >= 0.3 is 0 Å². The summed E-state index contributed by atoms with van der Waals surface area (Å²) in [6, 6.07) is 6.38. The Morgan fingerprint density at radius 2 is 2.04 bits per heavy atom. The molecular formula is C21H23FN4O2. The number of likely N-dealkylation sites (tertiary alicyclic amines) is 1. The molecule has 1 aromatic carbocycles. The second-order valence-corrected chi connectivity index (χ2v) is 7.48. The summed E-state index contributed by atoms with van der Waals surface area (Å²) in [6.07, 6.45) is 3.41. The van der Waals surface area contributed by atoms with Gasteiger partial charge in [-0.3, -0.25) is 9.59 Å². The molecule has 0 saturated carbocycles. The minimum absolute atomic E-state index is 0.0594. The molecule has 0 bridgehead atoms. The Labute approximate surface area is 163 Å². The van der Waals surface area contributed by atoms with Crippen LogP contribution in [0.1, 0.15) is 41.9 Å². The summed E-state index contributed by atoms with van der Waals surface area (Å²) in [6.45, 7) is 4.03. The molecule has 0 N–H and O–H groups in total. The van der Waals surface area contributed by atoms with Gasteiger partial charge in [0, 0.05) is 57.2 Å². The average Bonchev–Trinajstić information content (AvgIpc) is 3.19. The zero-order chi connectivity index (χ0) is 19.7. The van der Waals surface area contributed by atoms with Crippen molar-refractivity contribution < 1.29 is 14.0 Å². The zero-order valence-electron chi connectivity index (χ0n) is 15.9. The highest BCUT2D eigenvalue weighted by Gasteiger charge is 2.29. The number of aromatic nitrogens is 2. The lowest BCUT2D eigenvalue weighted by Crippen LogP contribution is -2.37. The van der Waals surface area contributed by atoms with E-state index in [4.69, 9.17) is 4.98 Å². The number of hydrogen-bond acceptors (Lipinski definition) is 4. The first kappa shape index (κ1) is 18.5. The van der Waals surface area contributed by atoms with E-state index in [0.717, 1.165) is 30.0 Å². The Bertz CT molecular complexity index is 917. The van der Waals surface area contributed by atoms with Crippen LogP contribution in [0, 0.1) is 5.82 Å². The Balaban J connectivity index is 1.43. The Morgan fingerprint density at radius 3 is 2.79 bits per heavy atom. The third-order valence-electron chi connectivity index (χ3n) is 5.60. The minimum atomic E-state index is -0.350. The Hall–Kier alpha value is -2.83. The number of hydrogen-bond donors (Lipinski definition) is 0. The number of carbonyl (C=O) groups excluding carboxylic acids is 2. The van der Waals surface area contributed by atoms with E-state index in [9.17, 15) is 14.0 Å². The fourth-order valence-electron chi connectivity index (χ4n) is 3.91. The molecule has 0 radical (unpaired) electrons. The molecule has 1 fully saturated rings. The highest BCUT2D eigenvalue weighted by Crippen LogP contribution is 2.26. The maximum absolute atomic E-state index is 13.8. The van der Waals surface area contributed by atoms with Gasteiger partial charge in [-0.15, -0.1) is 0 Å². The number of rotatable bonds is 3. The molecule has 7 heteroatoms. The normalized spacial score (nSPS) is 18.9. The number of halogens is 1. The van der Waals surface area contributed by atoms with Gasteiger partial charge in [0.05, 0.1) is 12.1 Å². The SMILES string of the molecule is CC(=O)N1CCC(c2ncc3c(n2)CCN(C(=O)Cc2ccccc2F)C3)C1. The topological polar surface area (TPSA) is 66.4 Å². The van der Waals surface area contributed by atoms with Gasteiger partial charge in [-0.1, -0.05) is 18.2 Å². The van der Waals surface area contributed by atoms with Crippen LogP contribution in [-0.2, 0) is 29.0 Å². The van der Waals surface area contributed by atoms with E-state index in [1.165, 1.54) is 6.07 Å². The first-order chi connectivity index (χ1) is 13.5. The van der Waals surface area contributed by atoms with Gasteiger partial charge in [-0.05, 0) is 18.1 Å². The molecular weight excluding hydrogens is 359 g/mol. The zero-order valence-corrected chi connectivity index (χ0v) is 15.9. The van der Waals surface area contributed by atoms with Crippen molar-refractivity contribution in [1.29, 1.82) is 0 Å². The maximum atomic E-state index is 13.8. The Kier molecular flexibility index (Phi) is 5.07. The van der Waals surface area contributed by atoms with E-state index < -0.39 is 0 Å².